The lowest BCUT2D eigenvalue weighted by molar-refractivity contribution is -0.131. The van der Waals surface area contributed by atoms with Crippen molar-refractivity contribution in [2.75, 3.05) is 32.7 Å². The van der Waals surface area contributed by atoms with Crippen LogP contribution in [-0.4, -0.2) is 104 Å². The minimum Gasteiger partial charge on any atom is -0.490 e. The number of nitrogens with zero attached hydrogens (tertiary/aromatic N) is 10. The third-order valence-corrected chi connectivity index (χ3v) is 20.3. The zero-order chi connectivity index (χ0) is 69.0. The lowest BCUT2D eigenvalue weighted by Gasteiger charge is -2.27. The third-order valence-electron chi connectivity index (χ3n) is 17.3. The van der Waals surface area contributed by atoms with Crippen molar-refractivity contribution in [3.8, 4) is 98.9 Å². The van der Waals surface area contributed by atoms with Crippen molar-refractivity contribution in [2.45, 2.75) is 150 Å². The Bertz CT molecular complexity index is 4330. The molecule has 3 N–H and O–H groups in total. The molecule has 9 aromatic rings. The number of ketones is 2. The maximum absolute atomic E-state index is 12.6. The summed E-state index contributed by atoms with van der Waals surface area (Å²) in [6, 6.07) is 42.7. The van der Waals surface area contributed by atoms with Crippen molar-refractivity contribution in [3.63, 3.8) is 0 Å². The summed E-state index contributed by atoms with van der Waals surface area (Å²) in [5.74, 6) is 2.22. The molecule has 3 aliphatic carbocycles. The lowest BCUT2D eigenvalue weighted by Crippen LogP contribution is -2.41. The Kier molecular flexibility index (Phi) is 23.0. The summed E-state index contributed by atoms with van der Waals surface area (Å²) in [6.07, 6.45) is 9.16. The molecule has 1 saturated heterocycles. The first-order valence-corrected chi connectivity index (χ1v) is 35.9. The standard InChI is InChI=1S/C28H31N5O2S.2C24H24N4O2S/c1-18(2)35-25-12-9-19(15-20(25)16-29)27-31-32-28(36-27)23-8-6-7-22-21(23)10-11-24(22)30-17-26(34)33-13-4-3-5-14-33;2*1-14(2)30-22-10-7-16(11-17(22)12-25)23-27-28-24(31-23)20-6-4-5-19-18(20)8-9-21(19)26-13-15(3)29/h6-9,12,15,18,24,30H,3-5,10-11,13-14,17H2,1-2H3;2*4-7,10-11,14,21,26H,8-9,13H2,1-3H3/t24-;2*21-/m110/s1. The van der Waals surface area contributed by atoms with Gasteiger partial charge in [-0.15, -0.1) is 30.6 Å². The number of amides is 1. The number of Topliss-reactive ketones (excluding diaryl/α,β-unsaturated/α-hetero) is 2. The molecule has 1 amide bonds. The summed E-state index contributed by atoms with van der Waals surface area (Å²) in [6.45, 7) is 17.7. The Balaban J connectivity index is 0.000000149. The van der Waals surface area contributed by atoms with E-state index < -0.39 is 0 Å². The van der Waals surface area contributed by atoms with Crippen LogP contribution in [0.5, 0.6) is 17.2 Å². The highest BCUT2D eigenvalue weighted by molar-refractivity contribution is 7.18. The zero-order valence-corrected chi connectivity index (χ0v) is 58.9. The van der Waals surface area contributed by atoms with Gasteiger partial charge in [0.1, 0.15) is 77.1 Å². The number of hydrogen-bond acceptors (Lipinski definition) is 21. The van der Waals surface area contributed by atoms with Gasteiger partial charge < -0.3 is 35.1 Å². The predicted octanol–water partition coefficient (Wildman–Crippen LogP) is 14.5. The number of hydrogen-bond donors (Lipinski definition) is 3. The fraction of sp³-hybridized carbons (Fsp3) is 0.368. The molecule has 0 spiro atoms. The summed E-state index contributed by atoms with van der Waals surface area (Å²) in [7, 11) is 0. The Hall–Kier alpha value is -9.44. The molecule has 6 aromatic carbocycles. The van der Waals surface area contributed by atoms with Gasteiger partial charge in [-0.3, -0.25) is 14.4 Å². The van der Waals surface area contributed by atoms with E-state index in [1.165, 1.54) is 73.8 Å². The third kappa shape index (κ3) is 16.7. The number of ether oxygens (including phenoxy) is 3. The second kappa shape index (κ2) is 32.3. The van der Waals surface area contributed by atoms with Gasteiger partial charge in [-0.05, 0) is 201 Å². The van der Waals surface area contributed by atoms with E-state index in [-0.39, 0.29) is 53.9 Å². The van der Waals surface area contributed by atoms with E-state index in [1.807, 2.05) is 101 Å². The number of carbonyl (C=O) groups excluding carboxylic acids is 3. The average molecular weight is 1370 g/mol. The van der Waals surface area contributed by atoms with Crippen LogP contribution in [0, 0.1) is 34.0 Å². The van der Waals surface area contributed by atoms with Gasteiger partial charge >= 0.3 is 0 Å². The van der Waals surface area contributed by atoms with Gasteiger partial charge in [0.2, 0.25) is 5.91 Å². The molecule has 0 saturated carbocycles. The van der Waals surface area contributed by atoms with Crippen LogP contribution in [0.1, 0.15) is 162 Å². The van der Waals surface area contributed by atoms with Crippen molar-refractivity contribution in [1.82, 2.24) is 51.4 Å². The molecule has 0 bridgehead atoms. The van der Waals surface area contributed by atoms with E-state index in [1.54, 1.807) is 26.0 Å². The normalized spacial score (nSPS) is 15.8. The largest absolute Gasteiger partial charge is 0.490 e. The van der Waals surface area contributed by atoms with Crippen molar-refractivity contribution in [3.05, 3.63) is 159 Å². The molecule has 3 atom stereocenters. The maximum Gasteiger partial charge on any atom is 0.236 e. The topological polar surface area (TPSA) is 267 Å². The van der Waals surface area contributed by atoms with Crippen LogP contribution in [0.3, 0.4) is 0 Å². The van der Waals surface area contributed by atoms with Crippen molar-refractivity contribution in [2.24, 2.45) is 0 Å². The van der Waals surface area contributed by atoms with E-state index in [0.717, 1.165) is 128 Å². The minimum atomic E-state index is -0.00235. The summed E-state index contributed by atoms with van der Waals surface area (Å²) in [5.41, 5.74) is 14.8. The number of carbonyl (C=O) groups is 3. The lowest BCUT2D eigenvalue weighted by atomic mass is 10.0. The van der Waals surface area contributed by atoms with Crippen molar-refractivity contribution < 1.29 is 28.6 Å². The quantitative estimate of drug-likeness (QED) is 0.0603. The zero-order valence-electron chi connectivity index (χ0n) is 56.4. The molecular weight excluding hydrogens is 1290 g/mol. The molecule has 502 valence electrons. The number of rotatable bonds is 21. The molecule has 0 radical (unpaired) electrons. The highest BCUT2D eigenvalue weighted by Gasteiger charge is 2.30. The molecule has 1 aliphatic heterocycles. The molecule has 19 nitrogen and oxygen atoms in total. The van der Waals surface area contributed by atoms with Gasteiger partial charge in [0.25, 0.3) is 0 Å². The molecular formula is C76H79N13O6S3. The molecule has 22 heteroatoms. The molecule has 3 aromatic heterocycles. The first-order valence-electron chi connectivity index (χ1n) is 33.4. The first-order chi connectivity index (χ1) is 47.4. The van der Waals surface area contributed by atoms with Crippen LogP contribution in [0.2, 0.25) is 0 Å². The molecule has 4 heterocycles. The summed E-state index contributed by atoms with van der Waals surface area (Å²) < 4.78 is 17.2. The summed E-state index contributed by atoms with van der Waals surface area (Å²) in [5, 5.41) is 70.3. The first kappa shape index (κ1) is 69.9. The fourth-order valence-electron chi connectivity index (χ4n) is 12.9. The minimum absolute atomic E-state index is 0.0000187. The second-order valence-corrected chi connectivity index (χ2v) is 28.5. The number of nitrogens with one attached hydrogen (secondary N) is 3. The second-order valence-electron chi connectivity index (χ2n) is 25.6. The Morgan fingerprint density at radius 2 is 0.776 bits per heavy atom. The van der Waals surface area contributed by atoms with E-state index in [2.05, 4.69) is 107 Å². The van der Waals surface area contributed by atoms with Gasteiger partial charge in [-0.25, -0.2) is 0 Å². The molecule has 98 heavy (non-hydrogen) atoms. The van der Waals surface area contributed by atoms with Crippen LogP contribution in [0.15, 0.2) is 109 Å². The number of piperidine rings is 1. The smallest absolute Gasteiger partial charge is 0.236 e. The molecule has 13 rings (SSSR count). The Morgan fingerprint density at radius 3 is 1.08 bits per heavy atom. The van der Waals surface area contributed by atoms with Gasteiger partial charge in [-0.2, -0.15) is 15.8 Å². The fourth-order valence-corrected chi connectivity index (χ4v) is 15.5. The Labute approximate surface area is 584 Å². The number of nitriles is 3. The maximum atomic E-state index is 12.6. The number of aromatic nitrogens is 6. The van der Waals surface area contributed by atoms with Crippen molar-refractivity contribution in [1.29, 1.82) is 15.8 Å². The van der Waals surface area contributed by atoms with Crippen LogP contribution < -0.4 is 30.2 Å². The highest BCUT2D eigenvalue weighted by atomic mass is 32.1. The van der Waals surface area contributed by atoms with Crippen LogP contribution in [0.4, 0.5) is 0 Å². The van der Waals surface area contributed by atoms with E-state index in [0.29, 0.717) is 53.6 Å². The van der Waals surface area contributed by atoms with E-state index >= 15 is 0 Å². The van der Waals surface area contributed by atoms with E-state index in [9.17, 15) is 30.2 Å². The van der Waals surface area contributed by atoms with Gasteiger partial charge in [0.15, 0.2) is 0 Å². The van der Waals surface area contributed by atoms with Crippen LogP contribution >= 0.6 is 34.0 Å². The van der Waals surface area contributed by atoms with E-state index in [4.69, 9.17) is 14.2 Å². The van der Waals surface area contributed by atoms with Gasteiger partial charge in [-0.1, -0.05) is 88.6 Å². The molecule has 4 aliphatic rings. The Morgan fingerprint density at radius 1 is 0.459 bits per heavy atom. The SMILES string of the molecule is CC(=O)CN[C@@H]1CCc2c(-c3nnc(-c4ccc(OC(C)C)c(C#N)c4)s3)cccc21.CC(=O)CN[C@H]1CCc2c(-c3nnc(-c4ccc(OC(C)C)c(C#N)c4)s3)cccc21.CC(C)Oc1ccc(-c2nnc(-c3cccc4c3CC[C@H]4NCC(=O)N3CCCCC3)s2)cc1C#N. The summed E-state index contributed by atoms with van der Waals surface area (Å²) in [4.78, 5) is 37.3. The van der Waals surface area contributed by atoms with Crippen LogP contribution in [-0.2, 0) is 33.6 Å². The number of likely N-dealkylation sites (tertiary alicyclic amines) is 1. The summed E-state index contributed by atoms with van der Waals surface area (Å²) >= 11 is 4.56. The monoisotopic (exact) mass is 1370 g/mol. The van der Waals surface area contributed by atoms with Gasteiger partial charge in [0, 0.05) is 64.6 Å². The predicted molar refractivity (Wildman–Crippen MR) is 383 cm³/mol. The van der Waals surface area contributed by atoms with Gasteiger partial charge in [0.05, 0.1) is 54.6 Å². The molecule has 1 fully saturated rings. The van der Waals surface area contributed by atoms with Crippen molar-refractivity contribution >= 4 is 51.5 Å². The average Bonchev–Trinajstić information content (AvgIpc) is 1.63. The highest BCUT2D eigenvalue weighted by Crippen LogP contribution is 2.44. The number of fused-ring (bicyclic) bond motifs is 3. The number of benzene rings is 6. The molecule has 0 unspecified atom stereocenters. The van der Waals surface area contributed by atoms with Crippen LogP contribution in [0.25, 0.3) is 63.4 Å².